The summed E-state index contributed by atoms with van der Waals surface area (Å²) in [5, 5.41) is 2.91. The lowest BCUT2D eigenvalue weighted by atomic mass is 10.2. The number of thioether (sulfide) groups is 1. The van der Waals surface area contributed by atoms with Gasteiger partial charge in [0.05, 0.1) is 5.75 Å². The van der Waals surface area contributed by atoms with Crippen LogP contribution in [0.1, 0.15) is 5.56 Å². The highest BCUT2D eigenvalue weighted by molar-refractivity contribution is 9.10. The fourth-order valence-electron chi connectivity index (χ4n) is 2.13. The summed E-state index contributed by atoms with van der Waals surface area (Å²) in [6, 6.07) is 5.77. The number of carbonyl (C=O) groups is 1. The summed E-state index contributed by atoms with van der Waals surface area (Å²) in [6.45, 7) is 5.92. The molecule has 2 rings (SSSR count). The van der Waals surface area contributed by atoms with Crippen molar-refractivity contribution in [2.24, 2.45) is 0 Å². The number of thiocarbonyl (C=S) groups is 1. The number of hydrogen-bond acceptors (Lipinski definition) is 4. The molecule has 1 aliphatic heterocycles. The Balaban J connectivity index is 1.77. The molecule has 0 bridgehead atoms. The summed E-state index contributed by atoms with van der Waals surface area (Å²) < 4.78 is 1.85. The number of nitrogens with zero attached hydrogens (tertiary/aromatic N) is 2. The van der Waals surface area contributed by atoms with Gasteiger partial charge in [-0.05, 0) is 37.7 Å². The normalized spacial score (nSPS) is 15.7. The summed E-state index contributed by atoms with van der Waals surface area (Å²) in [6.07, 6.45) is 0. The van der Waals surface area contributed by atoms with Gasteiger partial charge < -0.3 is 15.1 Å². The molecule has 1 amide bonds. The molecule has 1 fully saturated rings. The second-order valence-electron chi connectivity index (χ2n) is 5.36. The third-order valence-electron chi connectivity index (χ3n) is 3.53. The Morgan fingerprint density at radius 1 is 1.36 bits per heavy atom. The second-order valence-corrected chi connectivity index (χ2v) is 7.82. The van der Waals surface area contributed by atoms with E-state index in [1.807, 2.05) is 25.1 Å². The van der Waals surface area contributed by atoms with Crippen molar-refractivity contribution in [2.75, 3.05) is 44.3 Å². The lowest BCUT2D eigenvalue weighted by Crippen LogP contribution is -2.46. The third kappa shape index (κ3) is 5.22. The van der Waals surface area contributed by atoms with Crippen molar-refractivity contribution in [3.05, 3.63) is 28.2 Å². The molecule has 22 heavy (non-hydrogen) atoms. The van der Waals surface area contributed by atoms with Crippen LogP contribution in [0.25, 0.3) is 0 Å². The quantitative estimate of drug-likeness (QED) is 0.787. The molecule has 1 aromatic carbocycles. The average Bonchev–Trinajstić information content (AvgIpc) is 2.49. The Kier molecular flexibility index (Phi) is 6.67. The van der Waals surface area contributed by atoms with E-state index in [4.69, 9.17) is 12.2 Å². The first-order valence-corrected chi connectivity index (χ1v) is 9.30. The number of carbonyl (C=O) groups excluding carboxylic acids is 1. The van der Waals surface area contributed by atoms with Gasteiger partial charge in [0.1, 0.15) is 4.32 Å². The number of likely N-dealkylation sites (N-methyl/N-ethyl adjacent to an activating group) is 1. The van der Waals surface area contributed by atoms with Gasteiger partial charge in [0, 0.05) is 36.3 Å². The number of rotatable bonds is 3. The molecular weight excluding hydrogens is 382 g/mol. The van der Waals surface area contributed by atoms with Crippen LogP contribution in [0.4, 0.5) is 5.69 Å². The first-order valence-electron chi connectivity index (χ1n) is 7.12. The Morgan fingerprint density at radius 3 is 2.68 bits per heavy atom. The van der Waals surface area contributed by atoms with Crippen molar-refractivity contribution in [1.82, 2.24) is 9.80 Å². The van der Waals surface area contributed by atoms with Crippen LogP contribution in [0.3, 0.4) is 0 Å². The van der Waals surface area contributed by atoms with Crippen molar-refractivity contribution in [3.63, 3.8) is 0 Å². The van der Waals surface area contributed by atoms with Crippen LogP contribution < -0.4 is 5.32 Å². The van der Waals surface area contributed by atoms with Gasteiger partial charge in [-0.15, -0.1) is 0 Å². The molecule has 0 radical (unpaired) electrons. The maximum Gasteiger partial charge on any atom is 0.234 e. The fraction of sp³-hybridized carbons (Fsp3) is 0.467. The van der Waals surface area contributed by atoms with Crippen LogP contribution in [0.15, 0.2) is 22.7 Å². The van der Waals surface area contributed by atoms with Crippen LogP contribution in [0.2, 0.25) is 0 Å². The Labute approximate surface area is 149 Å². The SMILES string of the molecule is Cc1cc(NC(=O)CSC(=S)N2CCN(C)CC2)ccc1Br. The molecule has 0 spiro atoms. The van der Waals surface area contributed by atoms with E-state index in [2.05, 4.69) is 38.1 Å². The van der Waals surface area contributed by atoms with Crippen LogP contribution in [0.5, 0.6) is 0 Å². The van der Waals surface area contributed by atoms with Crippen LogP contribution in [-0.4, -0.2) is 59.0 Å². The number of halogens is 1. The highest BCUT2D eigenvalue weighted by Gasteiger charge is 2.17. The number of piperazine rings is 1. The van der Waals surface area contributed by atoms with E-state index >= 15 is 0 Å². The predicted octanol–water partition coefficient (Wildman–Crippen LogP) is 2.96. The van der Waals surface area contributed by atoms with Crippen LogP contribution in [-0.2, 0) is 4.79 Å². The predicted molar refractivity (Wildman–Crippen MR) is 102 cm³/mol. The Bertz CT molecular complexity index is 560. The molecule has 0 saturated carbocycles. The van der Waals surface area contributed by atoms with Crippen molar-refractivity contribution in [1.29, 1.82) is 0 Å². The zero-order valence-corrected chi connectivity index (χ0v) is 16.0. The molecule has 1 heterocycles. The van der Waals surface area contributed by atoms with Crippen LogP contribution >= 0.6 is 39.9 Å². The van der Waals surface area contributed by atoms with E-state index in [1.165, 1.54) is 11.8 Å². The first-order chi connectivity index (χ1) is 10.5. The molecule has 0 aliphatic carbocycles. The lowest BCUT2D eigenvalue weighted by Gasteiger charge is -2.33. The van der Waals surface area contributed by atoms with Gasteiger partial charge in [0.25, 0.3) is 0 Å². The Morgan fingerprint density at radius 2 is 2.05 bits per heavy atom. The first kappa shape index (κ1) is 17.7. The largest absolute Gasteiger partial charge is 0.355 e. The number of hydrogen-bond donors (Lipinski definition) is 1. The maximum absolute atomic E-state index is 12.0. The van der Waals surface area contributed by atoms with E-state index in [0.29, 0.717) is 5.75 Å². The number of benzene rings is 1. The van der Waals surface area contributed by atoms with Gasteiger partial charge in [0.2, 0.25) is 5.91 Å². The molecule has 0 aromatic heterocycles. The van der Waals surface area contributed by atoms with Gasteiger partial charge >= 0.3 is 0 Å². The zero-order chi connectivity index (χ0) is 16.1. The van der Waals surface area contributed by atoms with Gasteiger partial charge in [-0.3, -0.25) is 4.79 Å². The van der Waals surface area contributed by atoms with E-state index in [1.54, 1.807) is 0 Å². The molecule has 1 saturated heterocycles. The molecule has 7 heteroatoms. The third-order valence-corrected chi connectivity index (χ3v) is 5.94. The molecule has 0 atom stereocenters. The summed E-state index contributed by atoms with van der Waals surface area (Å²) >= 11 is 10.3. The van der Waals surface area contributed by atoms with Gasteiger partial charge in [-0.1, -0.05) is 39.9 Å². The minimum atomic E-state index is -0.0248. The molecule has 1 aromatic rings. The summed E-state index contributed by atoms with van der Waals surface area (Å²) in [7, 11) is 2.11. The minimum absolute atomic E-state index is 0.0248. The smallest absolute Gasteiger partial charge is 0.234 e. The summed E-state index contributed by atoms with van der Waals surface area (Å²) in [5.74, 6) is 0.323. The molecule has 1 aliphatic rings. The van der Waals surface area contributed by atoms with Crippen molar-refractivity contribution < 1.29 is 4.79 Å². The van der Waals surface area contributed by atoms with Crippen molar-refractivity contribution >= 4 is 55.8 Å². The number of aryl methyl sites for hydroxylation is 1. The van der Waals surface area contributed by atoms with Crippen molar-refractivity contribution in [2.45, 2.75) is 6.92 Å². The van der Waals surface area contributed by atoms with E-state index in [-0.39, 0.29) is 5.91 Å². The monoisotopic (exact) mass is 401 g/mol. The highest BCUT2D eigenvalue weighted by atomic mass is 79.9. The van der Waals surface area contributed by atoms with E-state index in [0.717, 1.165) is 46.2 Å². The highest BCUT2D eigenvalue weighted by Crippen LogP contribution is 2.20. The maximum atomic E-state index is 12.0. The minimum Gasteiger partial charge on any atom is -0.355 e. The number of amides is 1. The fourth-order valence-corrected chi connectivity index (χ4v) is 3.42. The molecular formula is C15H20BrN3OS2. The second kappa shape index (κ2) is 8.29. The topological polar surface area (TPSA) is 35.6 Å². The zero-order valence-electron chi connectivity index (χ0n) is 12.8. The van der Waals surface area contributed by atoms with Crippen LogP contribution in [0, 0.1) is 6.92 Å². The van der Waals surface area contributed by atoms with Gasteiger partial charge in [-0.25, -0.2) is 0 Å². The number of nitrogens with one attached hydrogen (secondary N) is 1. The molecule has 4 nitrogen and oxygen atoms in total. The molecule has 0 unspecified atom stereocenters. The average molecular weight is 402 g/mol. The molecule has 1 N–H and O–H groups in total. The van der Waals surface area contributed by atoms with Gasteiger partial charge in [-0.2, -0.15) is 0 Å². The van der Waals surface area contributed by atoms with Crippen molar-refractivity contribution in [3.8, 4) is 0 Å². The van der Waals surface area contributed by atoms with E-state index in [9.17, 15) is 4.79 Å². The van der Waals surface area contributed by atoms with Gasteiger partial charge in [0.15, 0.2) is 0 Å². The lowest BCUT2D eigenvalue weighted by molar-refractivity contribution is -0.113. The Hall–Kier alpha value is -0.630. The number of anilines is 1. The standard InChI is InChI=1S/C15H20BrN3OS2/c1-11-9-12(3-4-13(11)16)17-14(20)10-22-15(21)19-7-5-18(2)6-8-19/h3-4,9H,5-8,10H2,1-2H3,(H,17,20). The molecule has 120 valence electrons. The summed E-state index contributed by atoms with van der Waals surface area (Å²) in [4.78, 5) is 16.5. The van der Waals surface area contributed by atoms with E-state index < -0.39 is 0 Å². The summed E-state index contributed by atoms with van der Waals surface area (Å²) in [5.41, 5.74) is 1.91.